The van der Waals surface area contributed by atoms with Crippen LogP contribution in [0.2, 0.25) is 10.0 Å². The first-order valence-corrected chi connectivity index (χ1v) is 13.3. The molecule has 0 spiro atoms. The molecule has 0 saturated carbocycles. The second-order valence-electron chi connectivity index (χ2n) is 8.64. The summed E-state index contributed by atoms with van der Waals surface area (Å²) < 4.78 is 2.78. The van der Waals surface area contributed by atoms with Crippen molar-refractivity contribution in [3.05, 3.63) is 123 Å². The van der Waals surface area contributed by atoms with Gasteiger partial charge in [-0.05, 0) is 54.1 Å². The zero-order chi connectivity index (χ0) is 26.2. The lowest BCUT2D eigenvalue weighted by atomic mass is 9.92. The summed E-state index contributed by atoms with van der Waals surface area (Å²) >= 11 is 16.0. The molecule has 0 amide bonds. The van der Waals surface area contributed by atoms with E-state index >= 15 is 0 Å². The molecule has 0 aliphatic rings. The minimum atomic E-state index is 0.463. The minimum absolute atomic E-state index is 0.463. The van der Waals surface area contributed by atoms with Crippen molar-refractivity contribution in [1.82, 2.24) is 14.8 Å². The van der Waals surface area contributed by atoms with Crippen LogP contribution in [0.15, 0.2) is 108 Å². The second kappa shape index (κ2) is 10.1. The molecule has 182 valence electrons. The first kappa shape index (κ1) is 24.4. The van der Waals surface area contributed by atoms with Gasteiger partial charge in [0.1, 0.15) is 11.8 Å². The Labute approximate surface area is 237 Å². The van der Waals surface area contributed by atoms with E-state index < -0.39 is 0 Å². The Balaban J connectivity index is 1.80. The van der Waals surface area contributed by atoms with Crippen molar-refractivity contribution < 1.29 is 0 Å². The van der Waals surface area contributed by atoms with Crippen LogP contribution in [0.3, 0.4) is 0 Å². The Bertz CT molecular complexity index is 1820. The van der Waals surface area contributed by atoms with Gasteiger partial charge in [0.15, 0.2) is 5.65 Å². The molecule has 0 N–H and O–H groups in total. The van der Waals surface area contributed by atoms with Crippen molar-refractivity contribution in [2.24, 2.45) is 0 Å². The Morgan fingerprint density at radius 2 is 1.24 bits per heavy atom. The predicted octanol–water partition coefficient (Wildman–Crippen LogP) is 9.36. The van der Waals surface area contributed by atoms with Gasteiger partial charge in [-0.15, -0.1) is 0 Å². The van der Waals surface area contributed by atoms with E-state index in [1.165, 1.54) is 0 Å². The topological polar surface area (TPSA) is 54.5 Å². The number of hydrogen-bond acceptors (Lipinski definition) is 3. The normalized spacial score (nSPS) is 11.0. The third kappa shape index (κ3) is 4.37. The number of rotatable bonds is 4. The van der Waals surface area contributed by atoms with Gasteiger partial charge in [0.25, 0.3) is 0 Å². The van der Waals surface area contributed by atoms with E-state index in [2.05, 4.69) is 22.0 Å². The fourth-order valence-corrected chi connectivity index (χ4v) is 5.05. The zero-order valence-electron chi connectivity index (χ0n) is 19.7. The highest BCUT2D eigenvalue weighted by atomic mass is 79.9. The molecule has 0 radical (unpaired) electrons. The first-order valence-electron chi connectivity index (χ1n) is 11.7. The summed E-state index contributed by atoms with van der Waals surface area (Å²) in [5.41, 5.74) is 6.54. The smallest absolute Gasteiger partial charge is 0.164 e. The number of benzene rings is 4. The molecule has 2 heterocycles. The van der Waals surface area contributed by atoms with Crippen LogP contribution in [0, 0.1) is 11.3 Å². The summed E-state index contributed by atoms with van der Waals surface area (Å²) in [5.74, 6) is 0. The van der Waals surface area contributed by atoms with E-state index in [-0.39, 0.29) is 0 Å². The number of para-hydroxylation sites is 1. The molecule has 0 aliphatic carbocycles. The molecular weight excluding hydrogens is 579 g/mol. The van der Waals surface area contributed by atoms with Gasteiger partial charge in [0.2, 0.25) is 0 Å². The summed E-state index contributed by atoms with van der Waals surface area (Å²) in [5, 5.41) is 17.6. The molecule has 0 fully saturated rings. The van der Waals surface area contributed by atoms with Gasteiger partial charge in [0.05, 0.1) is 22.3 Å². The summed E-state index contributed by atoms with van der Waals surface area (Å²) in [6.07, 6.45) is 0. The highest BCUT2D eigenvalue weighted by Crippen LogP contribution is 2.42. The van der Waals surface area contributed by atoms with Gasteiger partial charge >= 0.3 is 0 Å². The third-order valence-electron chi connectivity index (χ3n) is 6.30. The zero-order valence-corrected chi connectivity index (χ0v) is 22.8. The number of nitrogens with zero attached hydrogens (tertiary/aromatic N) is 4. The summed E-state index contributed by atoms with van der Waals surface area (Å²) in [7, 11) is 0. The van der Waals surface area contributed by atoms with E-state index in [1.54, 1.807) is 0 Å². The molecule has 6 rings (SSSR count). The highest BCUT2D eigenvalue weighted by Gasteiger charge is 2.25. The lowest BCUT2D eigenvalue weighted by Gasteiger charge is -2.13. The average Bonchev–Trinajstić information content (AvgIpc) is 3.33. The molecule has 0 saturated heterocycles. The van der Waals surface area contributed by atoms with Crippen molar-refractivity contribution in [1.29, 1.82) is 5.26 Å². The molecule has 4 nitrogen and oxygen atoms in total. The Kier molecular flexibility index (Phi) is 6.47. The Hall–Kier alpha value is -3.95. The van der Waals surface area contributed by atoms with E-state index in [0.717, 1.165) is 37.8 Å². The molecule has 38 heavy (non-hydrogen) atoms. The highest BCUT2D eigenvalue weighted by molar-refractivity contribution is 9.10. The van der Waals surface area contributed by atoms with Crippen molar-refractivity contribution >= 4 is 50.2 Å². The number of fused-ring (bicyclic) bond motifs is 1. The van der Waals surface area contributed by atoms with Crippen LogP contribution in [-0.2, 0) is 0 Å². The average molecular weight is 596 g/mol. The Morgan fingerprint density at radius 1 is 0.684 bits per heavy atom. The van der Waals surface area contributed by atoms with Gasteiger partial charge < -0.3 is 0 Å². The number of halogens is 3. The maximum Gasteiger partial charge on any atom is 0.164 e. The van der Waals surface area contributed by atoms with E-state index in [1.807, 2.05) is 108 Å². The Morgan fingerprint density at radius 3 is 1.84 bits per heavy atom. The largest absolute Gasteiger partial charge is 0.226 e. The number of hydrogen-bond donors (Lipinski definition) is 0. The summed E-state index contributed by atoms with van der Waals surface area (Å²) in [6, 6.07) is 35.1. The molecule has 7 heteroatoms. The van der Waals surface area contributed by atoms with Crippen LogP contribution in [0.1, 0.15) is 5.56 Å². The fraction of sp³-hybridized carbons (Fsp3) is 0. The number of nitriles is 1. The molecule has 6 aromatic rings. The van der Waals surface area contributed by atoms with Crippen LogP contribution in [-0.4, -0.2) is 14.8 Å². The van der Waals surface area contributed by atoms with E-state index in [0.29, 0.717) is 32.6 Å². The van der Waals surface area contributed by atoms with Crippen LogP contribution >= 0.6 is 39.1 Å². The lowest BCUT2D eigenvalue weighted by molar-refractivity contribution is 0.901. The summed E-state index contributed by atoms with van der Waals surface area (Å²) in [6.45, 7) is 0. The van der Waals surface area contributed by atoms with Gasteiger partial charge in [-0.3, -0.25) is 0 Å². The van der Waals surface area contributed by atoms with E-state index in [4.69, 9.17) is 33.3 Å². The second-order valence-corrected chi connectivity index (χ2v) is 10.4. The minimum Gasteiger partial charge on any atom is -0.226 e. The van der Waals surface area contributed by atoms with Crippen molar-refractivity contribution in [2.75, 3.05) is 0 Å². The number of pyridine rings is 1. The van der Waals surface area contributed by atoms with Crippen LogP contribution in [0.25, 0.3) is 50.4 Å². The maximum atomic E-state index is 10.5. The molecular formula is C31H17BrCl2N4. The molecule has 0 atom stereocenters. The van der Waals surface area contributed by atoms with Crippen LogP contribution in [0.5, 0.6) is 0 Å². The van der Waals surface area contributed by atoms with Gasteiger partial charge in [0, 0.05) is 31.2 Å². The van der Waals surface area contributed by atoms with Crippen LogP contribution in [0.4, 0.5) is 0 Å². The van der Waals surface area contributed by atoms with Gasteiger partial charge in [-0.25, -0.2) is 9.67 Å². The molecule has 0 bridgehead atoms. The molecule has 2 aromatic heterocycles. The quantitative estimate of drug-likeness (QED) is 0.204. The van der Waals surface area contributed by atoms with Crippen molar-refractivity contribution in [2.45, 2.75) is 0 Å². The third-order valence-corrected chi connectivity index (χ3v) is 7.33. The first-order chi connectivity index (χ1) is 18.5. The molecule has 0 unspecified atom stereocenters. The van der Waals surface area contributed by atoms with Crippen molar-refractivity contribution in [3.63, 3.8) is 0 Å². The lowest BCUT2D eigenvalue weighted by Crippen LogP contribution is -2.01. The van der Waals surface area contributed by atoms with Gasteiger partial charge in [-0.2, -0.15) is 10.4 Å². The molecule has 4 aromatic carbocycles. The fourth-order valence-electron chi connectivity index (χ4n) is 4.54. The SMILES string of the molecule is N#Cc1c(-c2ccc(Br)cc2)nc2c(c(-c3ccc(Cl)cc3)nn2-c2ccccc2)c1-c1ccc(Cl)cc1. The molecule has 0 aliphatic heterocycles. The standard InChI is InChI=1S/C31H17BrCl2N4/c32-22-12-6-20(7-13-22)29-26(18-35)27(19-8-14-23(33)15-9-19)28-30(21-10-16-24(34)17-11-21)37-38(31(28)36-29)25-4-2-1-3-5-25/h1-17H. The summed E-state index contributed by atoms with van der Waals surface area (Å²) in [4.78, 5) is 5.10. The van der Waals surface area contributed by atoms with Gasteiger partial charge in [-0.1, -0.05) is 93.7 Å². The number of aromatic nitrogens is 3. The monoisotopic (exact) mass is 594 g/mol. The van der Waals surface area contributed by atoms with Crippen LogP contribution < -0.4 is 0 Å². The van der Waals surface area contributed by atoms with E-state index in [9.17, 15) is 5.26 Å². The predicted molar refractivity (Wildman–Crippen MR) is 158 cm³/mol. The van der Waals surface area contributed by atoms with Crippen molar-refractivity contribution in [3.8, 4) is 45.4 Å². The maximum absolute atomic E-state index is 10.5.